The summed E-state index contributed by atoms with van der Waals surface area (Å²) >= 11 is 0. The smallest absolute Gasteiger partial charge is 0.408 e. The van der Waals surface area contributed by atoms with E-state index < -0.39 is 6.09 Å². The first-order valence-electron chi connectivity index (χ1n) is 6.63. The van der Waals surface area contributed by atoms with Crippen molar-refractivity contribution in [3.05, 3.63) is 35.9 Å². The summed E-state index contributed by atoms with van der Waals surface area (Å²) in [5.74, 6) is 6.40. The van der Waals surface area contributed by atoms with Crippen molar-refractivity contribution >= 4 is 6.09 Å². The normalized spacial score (nSPS) is 9.63. The maximum Gasteiger partial charge on any atom is 0.408 e. The molecule has 1 aromatic rings. The molecule has 3 nitrogen and oxygen atoms in total. The van der Waals surface area contributed by atoms with Crippen LogP contribution in [0.4, 0.5) is 4.79 Å². The van der Waals surface area contributed by atoms with Gasteiger partial charge in [0, 0.05) is 12.1 Å². The van der Waals surface area contributed by atoms with E-state index in [0.717, 1.165) is 18.4 Å². The highest BCUT2D eigenvalue weighted by Gasteiger charge is 1.99. The predicted molar refractivity (Wildman–Crippen MR) is 76.7 cm³/mol. The van der Waals surface area contributed by atoms with Gasteiger partial charge in [-0.1, -0.05) is 43.9 Å². The summed E-state index contributed by atoms with van der Waals surface area (Å²) in [5.41, 5.74) is 0.920. The van der Waals surface area contributed by atoms with Gasteiger partial charge in [-0.15, -0.1) is 0 Å². The molecule has 3 heteroatoms. The topological polar surface area (TPSA) is 38.3 Å². The highest BCUT2D eigenvalue weighted by molar-refractivity contribution is 5.67. The van der Waals surface area contributed by atoms with E-state index in [-0.39, 0.29) is 6.61 Å². The molecule has 19 heavy (non-hydrogen) atoms. The van der Waals surface area contributed by atoms with E-state index >= 15 is 0 Å². The summed E-state index contributed by atoms with van der Waals surface area (Å²) in [6.45, 7) is 5.10. The monoisotopic (exact) mass is 259 g/mol. The SMILES string of the molecule is CC(C)CCCNC(=O)OCC#Cc1ccccc1. The van der Waals surface area contributed by atoms with Crippen molar-refractivity contribution in [2.24, 2.45) is 5.92 Å². The van der Waals surface area contributed by atoms with Gasteiger partial charge in [0.25, 0.3) is 0 Å². The Kier molecular flexibility index (Phi) is 7.19. The number of amides is 1. The first-order valence-corrected chi connectivity index (χ1v) is 6.63. The third kappa shape index (κ3) is 7.88. The Morgan fingerprint density at radius 2 is 2.05 bits per heavy atom. The summed E-state index contributed by atoms with van der Waals surface area (Å²) in [5, 5.41) is 2.71. The van der Waals surface area contributed by atoms with Gasteiger partial charge in [0.15, 0.2) is 6.61 Å². The average Bonchev–Trinajstić information content (AvgIpc) is 2.41. The Hall–Kier alpha value is -1.95. The molecule has 1 rings (SSSR count). The molecule has 0 spiro atoms. The van der Waals surface area contributed by atoms with Crippen LogP contribution in [0.15, 0.2) is 30.3 Å². The van der Waals surface area contributed by atoms with Crippen molar-refractivity contribution in [3.8, 4) is 11.8 Å². The number of nitrogens with one attached hydrogen (secondary N) is 1. The van der Waals surface area contributed by atoms with Crippen LogP contribution in [-0.2, 0) is 4.74 Å². The number of carbonyl (C=O) groups excluding carboxylic acids is 1. The van der Waals surface area contributed by atoms with Crippen molar-refractivity contribution < 1.29 is 9.53 Å². The Morgan fingerprint density at radius 3 is 2.74 bits per heavy atom. The highest BCUT2D eigenvalue weighted by atomic mass is 16.5. The van der Waals surface area contributed by atoms with Gasteiger partial charge in [0.05, 0.1) is 0 Å². The zero-order valence-electron chi connectivity index (χ0n) is 11.6. The second-order valence-electron chi connectivity index (χ2n) is 4.71. The van der Waals surface area contributed by atoms with E-state index in [2.05, 4.69) is 31.0 Å². The molecule has 0 fully saturated rings. The van der Waals surface area contributed by atoms with Crippen molar-refractivity contribution in [3.63, 3.8) is 0 Å². The van der Waals surface area contributed by atoms with Crippen molar-refractivity contribution in [1.82, 2.24) is 5.32 Å². The number of alkyl carbamates (subject to hydrolysis) is 1. The van der Waals surface area contributed by atoms with Gasteiger partial charge >= 0.3 is 6.09 Å². The Morgan fingerprint density at radius 1 is 1.32 bits per heavy atom. The van der Waals surface area contributed by atoms with Crippen LogP contribution in [0.1, 0.15) is 32.3 Å². The van der Waals surface area contributed by atoms with Gasteiger partial charge in [-0.2, -0.15) is 0 Å². The Balaban J connectivity index is 2.12. The number of hydrogen-bond donors (Lipinski definition) is 1. The number of hydrogen-bond acceptors (Lipinski definition) is 2. The van der Waals surface area contributed by atoms with E-state index in [4.69, 9.17) is 4.74 Å². The van der Waals surface area contributed by atoms with Gasteiger partial charge in [-0.25, -0.2) is 4.79 Å². The quantitative estimate of drug-likeness (QED) is 0.651. The summed E-state index contributed by atoms with van der Waals surface area (Å²) in [7, 11) is 0. The standard InChI is InChI=1S/C16H21NO2/c1-14(2)8-6-12-17-16(18)19-13-7-11-15-9-4-3-5-10-15/h3-5,9-10,14H,6,8,12-13H2,1-2H3,(H,17,18). The molecule has 102 valence electrons. The lowest BCUT2D eigenvalue weighted by molar-refractivity contribution is 0.160. The first kappa shape index (κ1) is 15.1. The third-order valence-corrected chi connectivity index (χ3v) is 2.51. The minimum Gasteiger partial charge on any atom is -0.436 e. The molecule has 0 atom stereocenters. The third-order valence-electron chi connectivity index (χ3n) is 2.51. The van der Waals surface area contributed by atoms with E-state index in [9.17, 15) is 4.79 Å². The maximum atomic E-state index is 11.3. The highest BCUT2D eigenvalue weighted by Crippen LogP contribution is 2.01. The molecule has 0 bridgehead atoms. The zero-order valence-corrected chi connectivity index (χ0v) is 11.6. The molecule has 0 aliphatic carbocycles. The lowest BCUT2D eigenvalue weighted by Gasteiger charge is -2.06. The molecular weight excluding hydrogens is 238 g/mol. The molecule has 1 amide bonds. The van der Waals surface area contributed by atoms with Gasteiger partial charge in [0.2, 0.25) is 0 Å². The predicted octanol–water partition coefficient (Wildman–Crippen LogP) is 3.20. The molecule has 0 aliphatic rings. The Labute approximate surface area is 115 Å². The van der Waals surface area contributed by atoms with E-state index in [0.29, 0.717) is 12.5 Å². The Bertz CT molecular complexity index is 429. The summed E-state index contributed by atoms with van der Waals surface area (Å²) in [6.07, 6.45) is 1.68. The van der Waals surface area contributed by atoms with Gasteiger partial charge in [-0.3, -0.25) is 0 Å². The number of carbonyl (C=O) groups is 1. The van der Waals surface area contributed by atoms with Crippen LogP contribution in [-0.4, -0.2) is 19.2 Å². The molecule has 0 heterocycles. The van der Waals surface area contributed by atoms with Gasteiger partial charge in [-0.05, 0) is 30.9 Å². The average molecular weight is 259 g/mol. The lowest BCUT2D eigenvalue weighted by Crippen LogP contribution is -2.25. The fourth-order valence-corrected chi connectivity index (χ4v) is 1.51. The van der Waals surface area contributed by atoms with E-state index in [1.54, 1.807) is 0 Å². The molecule has 0 aromatic heterocycles. The number of ether oxygens (including phenoxy) is 1. The molecule has 0 saturated carbocycles. The van der Waals surface area contributed by atoms with Crippen molar-refractivity contribution in [2.45, 2.75) is 26.7 Å². The summed E-state index contributed by atoms with van der Waals surface area (Å²) in [4.78, 5) is 11.3. The second kappa shape index (κ2) is 9.04. The molecular formula is C16H21NO2. The van der Waals surface area contributed by atoms with Crippen LogP contribution in [0.5, 0.6) is 0 Å². The fourth-order valence-electron chi connectivity index (χ4n) is 1.51. The molecule has 0 radical (unpaired) electrons. The van der Waals surface area contributed by atoms with Crippen LogP contribution in [0.2, 0.25) is 0 Å². The summed E-state index contributed by atoms with van der Waals surface area (Å²) < 4.78 is 4.95. The molecule has 0 aliphatic heterocycles. The largest absolute Gasteiger partial charge is 0.436 e. The number of benzene rings is 1. The maximum absolute atomic E-state index is 11.3. The van der Waals surface area contributed by atoms with Crippen molar-refractivity contribution in [1.29, 1.82) is 0 Å². The minimum absolute atomic E-state index is 0.116. The van der Waals surface area contributed by atoms with E-state index in [1.807, 2.05) is 30.3 Å². The van der Waals surface area contributed by atoms with Crippen LogP contribution < -0.4 is 5.32 Å². The molecule has 0 unspecified atom stereocenters. The minimum atomic E-state index is -0.397. The lowest BCUT2D eigenvalue weighted by atomic mass is 10.1. The number of rotatable bonds is 5. The zero-order chi connectivity index (χ0) is 13.9. The molecule has 1 aromatic carbocycles. The van der Waals surface area contributed by atoms with Gasteiger partial charge in [0.1, 0.15) is 0 Å². The summed E-state index contributed by atoms with van der Waals surface area (Å²) in [6, 6.07) is 9.61. The van der Waals surface area contributed by atoms with Gasteiger partial charge < -0.3 is 10.1 Å². The van der Waals surface area contributed by atoms with Crippen LogP contribution in [0.3, 0.4) is 0 Å². The van der Waals surface area contributed by atoms with Crippen LogP contribution in [0.25, 0.3) is 0 Å². The van der Waals surface area contributed by atoms with Crippen LogP contribution >= 0.6 is 0 Å². The molecule has 1 N–H and O–H groups in total. The van der Waals surface area contributed by atoms with Crippen LogP contribution in [0, 0.1) is 17.8 Å². The second-order valence-corrected chi connectivity index (χ2v) is 4.71. The van der Waals surface area contributed by atoms with Crippen molar-refractivity contribution in [2.75, 3.05) is 13.2 Å². The fraction of sp³-hybridized carbons (Fsp3) is 0.438. The van der Waals surface area contributed by atoms with E-state index in [1.165, 1.54) is 0 Å². The first-order chi connectivity index (χ1) is 9.18. The molecule has 0 saturated heterocycles.